The van der Waals surface area contributed by atoms with Gasteiger partial charge in [-0.1, -0.05) is 0 Å². The molecule has 0 fully saturated rings. The van der Waals surface area contributed by atoms with Crippen LogP contribution in [-0.4, -0.2) is 41.1 Å². The predicted molar refractivity (Wildman–Crippen MR) is 75.3 cm³/mol. The molecule has 0 aromatic heterocycles. The fourth-order valence-corrected chi connectivity index (χ4v) is 1.94. The number of quaternary nitrogens is 1. The number of nitrogens with one attached hydrogen (secondary N) is 1. The summed E-state index contributed by atoms with van der Waals surface area (Å²) in [5, 5.41) is 52.2. The summed E-state index contributed by atoms with van der Waals surface area (Å²) in [6.45, 7) is 0. The van der Waals surface area contributed by atoms with Crippen LogP contribution in [0.15, 0.2) is 6.07 Å². The summed E-state index contributed by atoms with van der Waals surface area (Å²) in [5.74, 6) is 0. The predicted octanol–water partition coefficient (Wildman–Crippen LogP) is -0.400. The topological polar surface area (TPSA) is 184 Å². The van der Waals surface area contributed by atoms with E-state index in [0.29, 0.717) is 6.07 Å². The first-order valence-corrected chi connectivity index (χ1v) is 5.78. The van der Waals surface area contributed by atoms with E-state index in [9.17, 15) is 35.6 Å². The number of hydrogen-bond donors (Lipinski definition) is 2. The Morgan fingerprint density at radius 3 is 1.70 bits per heavy atom. The van der Waals surface area contributed by atoms with Crippen molar-refractivity contribution in [3.63, 3.8) is 0 Å². The summed E-state index contributed by atoms with van der Waals surface area (Å²) in [6, 6.07) is 0.497. The first-order chi connectivity index (χ1) is 10.5. The molecule has 1 rings (SSSR count). The number of benzene rings is 1. The number of hydrogen-bond acceptors (Lipinski definition) is 10. The molecule has 1 aromatic rings. The number of anilines is 2. The van der Waals surface area contributed by atoms with Crippen molar-refractivity contribution in [3.05, 3.63) is 41.6 Å². The SMILES string of the molecule is CN(C)c1c([N+](=O)[O-])cc([N+](=O)[O-])c(N(C)[NH+]([O-])O)c1[N+](=O)[O-]. The molecular weight excluding hydrogens is 320 g/mol. The highest BCUT2D eigenvalue weighted by atomic mass is 16.8. The summed E-state index contributed by atoms with van der Waals surface area (Å²) >= 11 is 0. The van der Waals surface area contributed by atoms with E-state index in [0.717, 1.165) is 11.9 Å². The standard InChI is InChI=1S/C9H12N6O8/c1-10(2)7-5(12(16)17)4-6(13(18)19)8(9(7)14(20)21)11(3)15(22)23/h4,15,22H,1-3H3. The molecule has 1 aromatic carbocycles. The number of rotatable bonds is 6. The van der Waals surface area contributed by atoms with Gasteiger partial charge in [-0.3, -0.25) is 30.3 Å². The minimum atomic E-state index is -1.70. The molecule has 2 N–H and O–H groups in total. The molecule has 1 unspecified atom stereocenters. The average molecular weight is 332 g/mol. The Kier molecular flexibility index (Phi) is 4.95. The Hall–Kier alpha value is -3.10. The van der Waals surface area contributed by atoms with Gasteiger partial charge < -0.3 is 10.1 Å². The van der Waals surface area contributed by atoms with E-state index in [-0.39, 0.29) is 5.01 Å². The number of nitrogens with zero attached hydrogens (tertiary/aromatic N) is 5. The van der Waals surface area contributed by atoms with Gasteiger partial charge in [0.1, 0.15) is 0 Å². The lowest BCUT2D eigenvalue weighted by Crippen LogP contribution is -3.12. The third-order valence-electron chi connectivity index (χ3n) is 2.85. The first-order valence-electron chi connectivity index (χ1n) is 5.78. The second-order valence-corrected chi connectivity index (χ2v) is 4.47. The maximum Gasteiger partial charge on any atom is 0.335 e. The van der Waals surface area contributed by atoms with Crippen LogP contribution in [0.2, 0.25) is 0 Å². The van der Waals surface area contributed by atoms with Gasteiger partial charge in [0, 0.05) is 14.1 Å². The molecule has 0 spiro atoms. The molecule has 0 aliphatic rings. The van der Waals surface area contributed by atoms with Crippen LogP contribution in [0.5, 0.6) is 0 Å². The Morgan fingerprint density at radius 1 is 0.957 bits per heavy atom. The summed E-state index contributed by atoms with van der Waals surface area (Å²) in [6.07, 6.45) is 0. The maximum absolute atomic E-state index is 11.3. The van der Waals surface area contributed by atoms with E-state index in [1.807, 2.05) is 0 Å². The molecule has 126 valence electrons. The fraction of sp³-hybridized carbons (Fsp3) is 0.333. The van der Waals surface area contributed by atoms with Crippen molar-refractivity contribution in [2.45, 2.75) is 0 Å². The van der Waals surface area contributed by atoms with Gasteiger partial charge in [0.05, 0.1) is 27.9 Å². The van der Waals surface area contributed by atoms with Gasteiger partial charge >= 0.3 is 17.1 Å². The quantitative estimate of drug-likeness (QED) is 0.513. The zero-order valence-electron chi connectivity index (χ0n) is 12.1. The number of nitro groups is 3. The highest BCUT2D eigenvalue weighted by Crippen LogP contribution is 2.48. The van der Waals surface area contributed by atoms with Crippen LogP contribution in [0, 0.1) is 35.6 Å². The van der Waals surface area contributed by atoms with Crippen molar-refractivity contribution in [2.75, 3.05) is 31.1 Å². The Balaban J connectivity index is 4.06. The van der Waals surface area contributed by atoms with Gasteiger partial charge in [0.25, 0.3) is 0 Å². The molecular formula is C9H12N6O8. The molecule has 0 saturated carbocycles. The molecule has 0 heterocycles. The third-order valence-corrected chi connectivity index (χ3v) is 2.85. The lowest BCUT2D eigenvalue weighted by Gasteiger charge is -2.25. The van der Waals surface area contributed by atoms with Crippen LogP contribution in [0.25, 0.3) is 0 Å². The van der Waals surface area contributed by atoms with Crippen molar-refractivity contribution < 1.29 is 25.3 Å². The van der Waals surface area contributed by atoms with E-state index in [1.54, 1.807) is 0 Å². The van der Waals surface area contributed by atoms with Gasteiger partial charge in [-0.05, 0) is 0 Å². The molecule has 0 amide bonds. The van der Waals surface area contributed by atoms with Crippen molar-refractivity contribution in [3.8, 4) is 0 Å². The molecule has 0 radical (unpaired) electrons. The van der Waals surface area contributed by atoms with Crippen LogP contribution in [0.3, 0.4) is 0 Å². The van der Waals surface area contributed by atoms with E-state index < -0.39 is 48.5 Å². The number of nitro benzene ring substituents is 3. The van der Waals surface area contributed by atoms with Gasteiger partial charge in [0.15, 0.2) is 5.69 Å². The van der Waals surface area contributed by atoms with Crippen molar-refractivity contribution >= 4 is 28.4 Å². The van der Waals surface area contributed by atoms with Crippen molar-refractivity contribution in [1.82, 2.24) is 0 Å². The minimum Gasteiger partial charge on any atom is -0.574 e. The fourth-order valence-electron chi connectivity index (χ4n) is 1.94. The average Bonchev–Trinajstić information content (AvgIpc) is 2.43. The van der Waals surface area contributed by atoms with E-state index in [4.69, 9.17) is 5.21 Å². The molecule has 14 heteroatoms. The Labute approximate surface area is 127 Å². The molecule has 0 aliphatic carbocycles. The van der Waals surface area contributed by atoms with Gasteiger partial charge in [0.2, 0.25) is 5.69 Å². The molecule has 23 heavy (non-hydrogen) atoms. The van der Waals surface area contributed by atoms with E-state index >= 15 is 0 Å². The molecule has 0 bridgehead atoms. The second kappa shape index (κ2) is 6.34. The summed E-state index contributed by atoms with van der Waals surface area (Å²) in [4.78, 5) is 31.3. The van der Waals surface area contributed by atoms with Gasteiger partial charge in [-0.25, -0.2) is 0 Å². The molecule has 1 atom stereocenters. The van der Waals surface area contributed by atoms with Crippen molar-refractivity contribution in [1.29, 1.82) is 0 Å². The summed E-state index contributed by atoms with van der Waals surface area (Å²) < 4.78 is 0. The summed E-state index contributed by atoms with van der Waals surface area (Å²) in [7, 11) is 3.38. The molecule has 0 saturated heterocycles. The highest BCUT2D eigenvalue weighted by Gasteiger charge is 2.41. The second-order valence-electron chi connectivity index (χ2n) is 4.47. The molecule has 14 nitrogen and oxygen atoms in total. The maximum atomic E-state index is 11.3. The van der Waals surface area contributed by atoms with Crippen LogP contribution in [-0.2, 0) is 0 Å². The zero-order valence-corrected chi connectivity index (χ0v) is 12.1. The smallest absolute Gasteiger partial charge is 0.335 e. The third kappa shape index (κ3) is 3.23. The lowest BCUT2D eigenvalue weighted by molar-refractivity contribution is -1.05. The van der Waals surface area contributed by atoms with Crippen LogP contribution >= 0.6 is 0 Å². The normalized spacial score (nSPS) is 11.7. The highest BCUT2D eigenvalue weighted by molar-refractivity contribution is 5.90. The summed E-state index contributed by atoms with van der Waals surface area (Å²) in [5.41, 5.74) is -4.38. The largest absolute Gasteiger partial charge is 0.574 e. The van der Waals surface area contributed by atoms with Crippen molar-refractivity contribution in [2.24, 2.45) is 0 Å². The lowest BCUT2D eigenvalue weighted by atomic mass is 10.1. The zero-order chi connectivity index (χ0) is 18.1. The van der Waals surface area contributed by atoms with Crippen LogP contribution in [0.4, 0.5) is 28.4 Å². The Bertz CT molecular complexity index is 674. The van der Waals surface area contributed by atoms with Crippen LogP contribution < -0.4 is 15.2 Å². The van der Waals surface area contributed by atoms with E-state index in [1.165, 1.54) is 14.1 Å². The Morgan fingerprint density at radius 2 is 1.39 bits per heavy atom. The van der Waals surface area contributed by atoms with Gasteiger partial charge in [-0.15, -0.1) is 5.34 Å². The van der Waals surface area contributed by atoms with Gasteiger partial charge in [-0.2, -0.15) is 10.2 Å². The van der Waals surface area contributed by atoms with E-state index in [2.05, 4.69) is 0 Å². The van der Waals surface area contributed by atoms with Crippen LogP contribution in [0.1, 0.15) is 0 Å². The minimum absolute atomic E-state index is 0.271. The molecule has 0 aliphatic heterocycles. The first kappa shape index (κ1) is 18.0. The monoisotopic (exact) mass is 332 g/mol.